The molecule has 3 aromatic rings. The van der Waals surface area contributed by atoms with E-state index in [2.05, 4.69) is 46.1 Å². The molecular weight excluding hydrogens is 312 g/mol. The van der Waals surface area contributed by atoms with Crippen molar-refractivity contribution in [3.63, 3.8) is 0 Å². The first-order valence-corrected chi connectivity index (χ1v) is 8.82. The summed E-state index contributed by atoms with van der Waals surface area (Å²) in [6.45, 7) is 4.83. The number of hydrogen-bond donors (Lipinski definition) is 0. The summed E-state index contributed by atoms with van der Waals surface area (Å²) in [4.78, 5) is 23.0. The van der Waals surface area contributed by atoms with Crippen LogP contribution in [0.1, 0.15) is 18.5 Å². The van der Waals surface area contributed by atoms with Gasteiger partial charge in [0.2, 0.25) is 0 Å². The van der Waals surface area contributed by atoms with E-state index in [4.69, 9.17) is 0 Å². The molecule has 5 nitrogen and oxygen atoms in total. The smallest absolute Gasteiger partial charge is 0.253 e. The van der Waals surface area contributed by atoms with Crippen LogP contribution in [0.2, 0.25) is 0 Å². The van der Waals surface area contributed by atoms with Crippen molar-refractivity contribution in [2.75, 3.05) is 18.0 Å². The molecule has 25 heavy (non-hydrogen) atoms. The second-order valence-corrected chi connectivity index (χ2v) is 6.80. The van der Waals surface area contributed by atoms with Crippen LogP contribution in [-0.4, -0.2) is 27.6 Å². The molecule has 2 aromatic heterocycles. The Labute approximate surface area is 147 Å². The predicted octanol–water partition coefficient (Wildman–Crippen LogP) is 3.02. The number of hydrogen-bond acceptors (Lipinski definition) is 4. The minimum atomic E-state index is 0.0354. The average Bonchev–Trinajstić information content (AvgIpc) is 2.63. The predicted molar refractivity (Wildman–Crippen MR) is 99.9 cm³/mol. The topological polar surface area (TPSA) is 51.0 Å². The molecule has 1 fully saturated rings. The van der Waals surface area contributed by atoms with Gasteiger partial charge in [0.15, 0.2) is 0 Å². The molecule has 1 aliphatic heterocycles. The van der Waals surface area contributed by atoms with Crippen LogP contribution in [-0.2, 0) is 6.54 Å². The quantitative estimate of drug-likeness (QED) is 0.739. The Morgan fingerprint density at radius 3 is 2.76 bits per heavy atom. The fourth-order valence-corrected chi connectivity index (χ4v) is 3.70. The molecule has 1 aliphatic rings. The van der Waals surface area contributed by atoms with Crippen molar-refractivity contribution in [1.82, 2.24) is 14.5 Å². The van der Waals surface area contributed by atoms with Crippen LogP contribution in [0.5, 0.6) is 0 Å². The number of anilines is 1. The third kappa shape index (κ3) is 3.27. The van der Waals surface area contributed by atoms with Crippen LogP contribution in [0.4, 0.5) is 5.69 Å². The highest BCUT2D eigenvalue weighted by Crippen LogP contribution is 2.30. The van der Waals surface area contributed by atoms with Crippen molar-refractivity contribution in [2.45, 2.75) is 26.3 Å². The van der Waals surface area contributed by atoms with Gasteiger partial charge in [-0.2, -0.15) is 0 Å². The van der Waals surface area contributed by atoms with E-state index < -0.39 is 0 Å². The molecule has 1 aromatic carbocycles. The van der Waals surface area contributed by atoms with Crippen molar-refractivity contribution in [2.24, 2.45) is 5.92 Å². The number of aromatic nitrogens is 3. The molecule has 5 heteroatoms. The maximum atomic E-state index is 11.9. The van der Waals surface area contributed by atoms with E-state index >= 15 is 0 Å². The number of rotatable bonds is 3. The Morgan fingerprint density at radius 2 is 1.96 bits per heavy atom. The number of para-hydroxylation sites is 1. The fraction of sp³-hybridized carbons (Fsp3) is 0.350. The molecule has 0 atom stereocenters. The van der Waals surface area contributed by atoms with E-state index in [0.717, 1.165) is 43.7 Å². The number of benzene rings is 1. The van der Waals surface area contributed by atoms with E-state index in [0.29, 0.717) is 5.92 Å². The van der Waals surface area contributed by atoms with Crippen LogP contribution >= 0.6 is 0 Å². The van der Waals surface area contributed by atoms with Gasteiger partial charge in [-0.05, 0) is 37.8 Å². The largest absolute Gasteiger partial charge is 0.371 e. The molecule has 0 aliphatic carbocycles. The summed E-state index contributed by atoms with van der Waals surface area (Å²) < 4.78 is 1.73. The summed E-state index contributed by atoms with van der Waals surface area (Å²) in [5.74, 6) is 0.521. The Bertz CT molecular complexity index is 942. The van der Waals surface area contributed by atoms with Crippen molar-refractivity contribution < 1.29 is 0 Å². The molecule has 0 N–H and O–H groups in total. The lowest BCUT2D eigenvalue weighted by Crippen LogP contribution is -2.36. The summed E-state index contributed by atoms with van der Waals surface area (Å²) >= 11 is 0. The third-order valence-electron chi connectivity index (χ3n) is 5.02. The molecule has 0 unspecified atom stereocenters. The Hall–Kier alpha value is -2.69. The van der Waals surface area contributed by atoms with Crippen molar-refractivity contribution in [3.05, 3.63) is 65.0 Å². The second kappa shape index (κ2) is 6.67. The summed E-state index contributed by atoms with van der Waals surface area (Å²) in [6.07, 6.45) is 5.36. The number of aryl methyl sites for hydroxylation is 1. The molecule has 4 rings (SSSR count). The van der Waals surface area contributed by atoms with Crippen molar-refractivity contribution >= 4 is 16.6 Å². The zero-order chi connectivity index (χ0) is 17.2. The van der Waals surface area contributed by atoms with E-state index in [-0.39, 0.29) is 5.56 Å². The SMILES string of the molecule is Cc1cc(N2CCC(Cn3cnccc3=O)CC2)c2ccccc2n1. The first-order chi connectivity index (χ1) is 12.2. The summed E-state index contributed by atoms with van der Waals surface area (Å²) in [5, 5.41) is 1.22. The van der Waals surface area contributed by atoms with Crippen LogP contribution in [0, 0.1) is 12.8 Å². The van der Waals surface area contributed by atoms with Gasteiger partial charge in [-0.3, -0.25) is 14.3 Å². The van der Waals surface area contributed by atoms with E-state index in [9.17, 15) is 4.79 Å². The lowest BCUT2D eigenvalue weighted by Gasteiger charge is -2.34. The zero-order valence-corrected chi connectivity index (χ0v) is 14.4. The van der Waals surface area contributed by atoms with Crippen LogP contribution in [0.15, 0.2) is 53.7 Å². The summed E-state index contributed by atoms with van der Waals surface area (Å²) in [7, 11) is 0. The van der Waals surface area contributed by atoms with Crippen LogP contribution in [0.3, 0.4) is 0 Å². The minimum Gasteiger partial charge on any atom is -0.371 e. The maximum Gasteiger partial charge on any atom is 0.253 e. The van der Waals surface area contributed by atoms with Gasteiger partial charge in [0.1, 0.15) is 0 Å². The number of piperidine rings is 1. The van der Waals surface area contributed by atoms with E-state index in [1.165, 1.54) is 17.1 Å². The number of fused-ring (bicyclic) bond motifs is 1. The number of pyridine rings is 1. The Balaban J connectivity index is 1.51. The lowest BCUT2D eigenvalue weighted by molar-refractivity contribution is 0.351. The van der Waals surface area contributed by atoms with Gasteiger partial charge in [0, 0.05) is 48.7 Å². The maximum absolute atomic E-state index is 11.9. The standard InChI is InChI=1S/C20H22N4O/c1-15-12-19(17-4-2-3-5-18(17)22-15)23-10-7-16(8-11-23)13-24-14-21-9-6-20(24)25/h2-6,9,12,14,16H,7-8,10-11,13H2,1H3. The van der Waals surface area contributed by atoms with Gasteiger partial charge in [-0.25, -0.2) is 4.98 Å². The molecule has 3 heterocycles. The minimum absolute atomic E-state index is 0.0354. The molecule has 0 radical (unpaired) electrons. The van der Waals surface area contributed by atoms with Gasteiger partial charge in [-0.15, -0.1) is 0 Å². The number of nitrogens with zero attached hydrogens (tertiary/aromatic N) is 4. The molecule has 0 spiro atoms. The summed E-state index contributed by atoms with van der Waals surface area (Å²) in [6, 6.07) is 12.1. The first kappa shape index (κ1) is 15.8. The van der Waals surface area contributed by atoms with Gasteiger partial charge in [-0.1, -0.05) is 18.2 Å². The zero-order valence-electron chi connectivity index (χ0n) is 14.4. The summed E-state index contributed by atoms with van der Waals surface area (Å²) in [5.41, 5.74) is 3.42. The highest BCUT2D eigenvalue weighted by molar-refractivity contribution is 5.92. The molecule has 128 valence electrons. The normalized spacial score (nSPS) is 15.6. The van der Waals surface area contributed by atoms with Gasteiger partial charge in [0.25, 0.3) is 5.56 Å². The molecular formula is C20H22N4O. The molecule has 0 saturated carbocycles. The second-order valence-electron chi connectivity index (χ2n) is 6.80. The lowest BCUT2D eigenvalue weighted by atomic mass is 9.95. The fourth-order valence-electron chi connectivity index (χ4n) is 3.70. The first-order valence-electron chi connectivity index (χ1n) is 8.82. The van der Waals surface area contributed by atoms with E-state index in [1.54, 1.807) is 17.1 Å². The van der Waals surface area contributed by atoms with Gasteiger partial charge < -0.3 is 4.90 Å². The average molecular weight is 334 g/mol. The Kier molecular flexibility index (Phi) is 4.22. The molecule has 1 saturated heterocycles. The van der Waals surface area contributed by atoms with Gasteiger partial charge >= 0.3 is 0 Å². The third-order valence-corrected chi connectivity index (χ3v) is 5.02. The van der Waals surface area contributed by atoms with Crippen LogP contribution in [0.25, 0.3) is 10.9 Å². The highest BCUT2D eigenvalue weighted by Gasteiger charge is 2.21. The molecule has 0 bridgehead atoms. The Morgan fingerprint density at radius 1 is 1.16 bits per heavy atom. The van der Waals surface area contributed by atoms with Crippen molar-refractivity contribution in [3.8, 4) is 0 Å². The monoisotopic (exact) mass is 334 g/mol. The van der Waals surface area contributed by atoms with Crippen LogP contribution < -0.4 is 10.5 Å². The van der Waals surface area contributed by atoms with E-state index in [1.807, 2.05) is 6.07 Å². The highest BCUT2D eigenvalue weighted by atomic mass is 16.1. The van der Waals surface area contributed by atoms with Gasteiger partial charge in [0.05, 0.1) is 11.8 Å². The molecule has 0 amide bonds. The van der Waals surface area contributed by atoms with Crippen molar-refractivity contribution in [1.29, 1.82) is 0 Å².